The van der Waals surface area contributed by atoms with E-state index in [0.717, 1.165) is 10.5 Å². The molecule has 4 aromatic carbocycles. The van der Waals surface area contributed by atoms with Crippen LogP contribution >= 0.6 is 11.8 Å². The number of anilines is 2. The van der Waals surface area contributed by atoms with Gasteiger partial charge in [0.25, 0.3) is 11.8 Å². The van der Waals surface area contributed by atoms with Crippen LogP contribution < -0.4 is 16.0 Å². The first kappa shape index (κ1) is 29.0. The zero-order valence-electron chi connectivity index (χ0n) is 22.6. The van der Waals surface area contributed by atoms with Gasteiger partial charge in [0, 0.05) is 27.4 Å². The summed E-state index contributed by atoms with van der Waals surface area (Å²) in [5.74, 6) is -1.13. The normalized spacial score (nSPS) is 11.7. The molecule has 8 heteroatoms. The minimum Gasteiger partial charge on any atom is -0.325 e. The fourth-order valence-electron chi connectivity index (χ4n) is 3.79. The quantitative estimate of drug-likeness (QED) is 0.117. The van der Waals surface area contributed by atoms with Gasteiger partial charge in [0.15, 0.2) is 5.78 Å². The van der Waals surface area contributed by atoms with Crippen LogP contribution in [0.15, 0.2) is 120 Å². The lowest BCUT2D eigenvalue weighted by Gasteiger charge is -2.14. The van der Waals surface area contributed by atoms with Crippen LogP contribution in [0.1, 0.15) is 40.1 Å². The molecule has 0 aliphatic heterocycles. The Morgan fingerprint density at radius 3 is 2.02 bits per heavy atom. The van der Waals surface area contributed by atoms with Crippen LogP contribution in [0.3, 0.4) is 0 Å². The van der Waals surface area contributed by atoms with Crippen molar-refractivity contribution in [3.63, 3.8) is 0 Å². The second-order valence-electron chi connectivity index (χ2n) is 9.15. The van der Waals surface area contributed by atoms with Crippen LogP contribution in [-0.4, -0.2) is 28.8 Å². The summed E-state index contributed by atoms with van der Waals surface area (Å²) in [6.45, 7) is 3.28. The van der Waals surface area contributed by atoms with Crippen molar-refractivity contribution in [3.05, 3.63) is 132 Å². The van der Waals surface area contributed by atoms with Gasteiger partial charge in [-0.15, -0.1) is 11.8 Å². The summed E-state index contributed by atoms with van der Waals surface area (Å²) in [5, 5.41) is 8.00. The summed E-state index contributed by atoms with van der Waals surface area (Å²) >= 11 is 1.34. The molecule has 3 N–H and O–H groups in total. The molecule has 0 saturated heterocycles. The first-order valence-electron chi connectivity index (χ1n) is 12.9. The Morgan fingerprint density at radius 2 is 1.37 bits per heavy atom. The first-order valence-corrected chi connectivity index (χ1v) is 13.8. The summed E-state index contributed by atoms with van der Waals surface area (Å²) < 4.78 is 0. The molecule has 1 atom stereocenters. The second kappa shape index (κ2) is 13.9. The molecule has 0 aliphatic carbocycles. The summed E-state index contributed by atoms with van der Waals surface area (Å²) in [5.41, 5.74) is 2.97. The lowest BCUT2D eigenvalue weighted by atomic mass is 10.1. The maximum atomic E-state index is 13.3. The van der Waals surface area contributed by atoms with Gasteiger partial charge in [0.1, 0.15) is 5.70 Å². The second-order valence-corrected chi connectivity index (χ2v) is 10.6. The minimum atomic E-state index is -0.486. The Kier molecular flexibility index (Phi) is 9.85. The van der Waals surface area contributed by atoms with Gasteiger partial charge in [-0.2, -0.15) is 0 Å². The third-order valence-corrected chi connectivity index (χ3v) is 7.07. The number of hydrogen-bond donors (Lipinski definition) is 3. The number of amides is 3. The number of Topliss-reactive ketones (excluding diaryl/α,β-unsaturated/α-hetero) is 1. The van der Waals surface area contributed by atoms with Crippen molar-refractivity contribution in [1.29, 1.82) is 0 Å². The molecule has 0 spiro atoms. The zero-order valence-corrected chi connectivity index (χ0v) is 23.4. The third kappa shape index (κ3) is 8.52. The lowest BCUT2D eigenvalue weighted by molar-refractivity contribution is -0.115. The topological polar surface area (TPSA) is 104 Å². The molecule has 0 radical (unpaired) electrons. The van der Waals surface area contributed by atoms with Gasteiger partial charge < -0.3 is 16.0 Å². The molecule has 206 valence electrons. The molecule has 0 saturated carbocycles. The average Bonchev–Trinajstić information content (AvgIpc) is 2.98. The highest BCUT2D eigenvalue weighted by Crippen LogP contribution is 2.27. The van der Waals surface area contributed by atoms with Gasteiger partial charge >= 0.3 is 0 Å². The molecular formula is C33H29N3O4S. The lowest BCUT2D eigenvalue weighted by Crippen LogP contribution is -2.30. The standard InChI is InChI=1S/C33H29N3O4S/c1-22(37)25-16-18-27(19-17-25)34-31(38)23(2)41-29-15-9-14-28(21-29)35-33(40)30(20-24-10-5-3-6-11-24)36-32(39)26-12-7-4-8-13-26/h3-21,23H,1-2H3,(H,34,38)(H,35,40)(H,36,39)/b30-20-. The summed E-state index contributed by atoms with van der Waals surface area (Å²) in [6.07, 6.45) is 1.62. The van der Waals surface area contributed by atoms with Crippen molar-refractivity contribution >= 4 is 52.7 Å². The number of carbonyl (C=O) groups excluding carboxylic acids is 4. The third-order valence-electron chi connectivity index (χ3n) is 5.97. The van der Waals surface area contributed by atoms with E-state index in [2.05, 4.69) is 16.0 Å². The van der Waals surface area contributed by atoms with Crippen molar-refractivity contribution in [2.45, 2.75) is 24.0 Å². The summed E-state index contributed by atoms with van der Waals surface area (Å²) in [7, 11) is 0. The summed E-state index contributed by atoms with van der Waals surface area (Å²) in [6, 6.07) is 31.8. The van der Waals surface area contributed by atoms with Crippen molar-refractivity contribution in [2.75, 3.05) is 10.6 Å². The fraction of sp³-hybridized carbons (Fsp3) is 0.0909. The van der Waals surface area contributed by atoms with E-state index in [4.69, 9.17) is 0 Å². The van der Waals surface area contributed by atoms with Crippen LogP contribution in [0.5, 0.6) is 0 Å². The molecule has 0 heterocycles. The molecule has 41 heavy (non-hydrogen) atoms. The number of benzene rings is 4. The van der Waals surface area contributed by atoms with Crippen molar-refractivity contribution in [3.8, 4) is 0 Å². The first-order chi connectivity index (χ1) is 19.8. The summed E-state index contributed by atoms with van der Waals surface area (Å²) in [4.78, 5) is 51.2. The van der Waals surface area contributed by atoms with Crippen molar-refractivity contribution in [2.24, 2.45) is 0 Å². The van der Waals surface area contributed by atoms with E-state index >= 15 is 0 Å². The number of hydrogen-bond acceptors (Lipinski definition) is 5. The van der Waals surface area contributed by atoms with E-state index in [-0.39, 0.29) is 17.4 Å². The molecule has 1 unspecified atom stereocenters. The molecule has 4 aromatic rings. The van der Waals surface area contributed by atoms with Gasteiger partial charge in [0.2, 0.25) is 5.91 Å². The Morgan fingerprint density at radius 1 is 0.707 bits per heavy atom. The van der Waals surface area contributed by atoms with E-state index < -0.39 is 17.1 Å². The predicted molar refractivity (Wildman–Crippen MR) is 164 cm³/mol. The smallest absolute Gasteiger partial charge is 0.272 e. The number of nitrogens with one attached hydrogen (secondary N) is 3. The Balaban J connectivity index is 1.44. The molecule has 0 bridgehead atoms. The molecular weight excluding hydrogens is 534 g/mol. The molecule has 3 amide bonds. The van der Waals surface area contributed by atoms with Gasteiger partial charge in [-0.05, 0) is 80.1 Å². The molecule has 4 rings (SSSR count). The number of ketones is 1. The van der Waals surface area contributed by atoms with E-state index in [0.29, 0.717) is 22.5 Å². The fourth-order valence-corrected chi connectivity index (χ4v) is 4.72. The van der Waals surface area contributed by atoms with Crippen LogP contribution in [0, 0.1) is 0 Å². The highest BCUT2D eigenvalue weighted by atomic mass is 32.2. The predicted octanol–water partition coefficient (Wildman–Crippen LogP) is 6.42. The number of thioether (sulfide) groups is 1. The van der Waals surface area contributed by atoms with Gasteiger partial charge in [-0.1, -0.05) is 54.6 Å². The largest absolute Gasteiger partial charge is 0.325 e. The van der Waals surface area contributed by atoms with Gasteiger partial charge in [0.05, 0.1) is 5.25 Å². The van der Waals surface area contributed by atoms with Crippen molar-refractivity contribution in [1.82, 2.24) is 5.32 Å². The maximum absolute atomic E-state index is 13.3. The zero-order chi connectivity index (χ0) is 29.2. The highest BCUT2D eigenvalue weighted by molar-refractivity contribution is 8.00. The molecule has 0 fully saturated rings. The Bertz CT molecular complexity index is 1570. The highest BCUT2D eigenvalue weighted by Gasteiger charge is 2.17. The van der Waals surface area contributed by atoms with Crippen LogP contribution in [0.4, 0.5) is 11.4 Å². The number of rotatable bonds is 10. The van der Waals surface area contributed by atoms with Gasteiger partial charge in [-0.3, -0.25) is 19.2 Å². The van der Waals surface area contributed by atoms with E-state index in [1.165, 1.54) is 18.7 Å². The van der Waals surface area contributed by atoms with Gasteiger partial charge in [-0.25, -0.2) is 0 Å². The molecule has 0 aliphatic rings. The molecule has 0 aromatic heterocycles. The number of carbonyl (C=O) groups is 4. The van der Waals surface area contributed by atoms with E-state index in [9.17, 15) is 19.2 Å². The SMILES string of the molecule is CC(=O)c1ccc(NC(=O)C(C)Sc2cccc(NC(=O)/C(=C/c3ccccc3)NC(=O)c3ccccc3)c2)cc1. The van der Waals surface area contributed by atoms with E-state index in [1.54, 1.807) is 79.7 Å². The monoisotopic (exact) mass is 563 g/mol. The molecule has 7 nitrogen and oxygen atoms in total. The maximum Gasteiger partial charge on any atom is 0.272 e. The Hall–Kier alpha value is -4.95. The van der Waals surface area contributed by atoms with Crippen LogP contribution in [0.25, 0.3) is 6.08 Å². The Labute approximate surface area is 243 Å². The minimum absolute atomic E-state index is 0.0416. The average molecular weight is 564 g/mol. The van der Waals surface area contributed by atoms with E-state index in [1.807, 2.05) is 42.5 Å². The van der Waals surface area contributed by atoms with Crippen LogP contribution in [-0.2, 0) is 9.59 Å². The van der Waals surface area contributed by atoms with Crippen LogP contribution in [0.2, 0.25) is 0 Å². The van der Waals surface area contributed by atoms with Crippen molar-refractivity contribution < 1.29 is 19.2 Å².